The van der Waals surface area contributed by atoms with Crippen molar-refractivity contribution in [2.45, 2.75) is 19.3 Å². The Balaban J connectivity index is 1.27. The second kappa shape index (κ2) is 7.21. The third-order valence-electron chi connectivity index (χ3n) is 7.93. The molecule has 2 heterocycles. The van der Waals surface area contributed by atoms with E-state index in [2.05, 4.69) is 80.6 Å². The van der Waals surface area contributed by atoms with Crippen LogP contribution in [0.1, 0.15) is 25.0 Å². The highest BCUT2D eigenvalue weighted by molar-refractivity contribution is 6.09. The van der Waals surface area contributed by atoms with E-state index in [4.69, 9.17) is 13.8 Å². The molecule has 0 atom stereocenters. The van der Waals surface area contributed by atoms with Crippen LogP contribution in [0.3, 0.4) is 0 Å². The first kappa shape index (κ1) is 20.6. The van der Waals surface area contributed by atoms with Gasteiger partial charge in [-0.3, -0.25) is 0 Å². The summed E-state index contributed by atoms with van der Waals surface area (Å²) in [6.07, 6.45) is 0. The number of benzene rings is 5. The lowest BCUT2D eigenvalue weighted by molar-refractivity contribution is 0.618. The van der Waals surface area contributed by atoms with E-state index in [1.54, 1.807) is 0 Å². The molecule has 0 N–H and O–H groups in total. The van der Waals surface area contributed by atoms with Crippen molar-refractivity contribution in [1.82, 2.24) is 4.98 Å². The van der Waals surface area contributed by atoms with E-state index in [-0.39, 0.29) is 5.41 Å². The molecule has 0 amide bonds. The monoisotopic (exact) mass is 477 g/mol. The van der Waals surface area contributed by atoms with Crippen LogP contribution in [0, 0.1) is 0 Å². The first-order valence-corrected chi connectivity index (χ1v) is 12.6. The van der Waals surface area contributed by atoms with Gasteiger partial charge in [-0.25, -0.2) is 4.98 Å². The van der Waals surface area contributed by atoms with Gasteiger partial charge in [0.2, 0.25) is 5.89 Å². The van der Waals surface area contributed by atoms with Gasteiger partial charge < -0.3 is 8.83 Å². The van der Waals surface area contributed by atoms with E-state index in [0.717, 1.165) is 44.2 Å². The number of rotatable bonds is 2. The number of hydrogen-bond acceptors (Lipinski definition) is 3. The molecule has 5 aromatic carbocycles. The lowest BCUT2D eigenvalue weighted by Gasteiger charge is -2.22. The Labute approximate surface area is 214 Å². The Kier molecular flexibility index (Phi) is 4.00. The van der Waals surface area contributed by atoms with E-state index in [1.165, 1.54) is 27.8 Å². The molecule has 0 bridgehead atoms. The number of furan rings is 1. The van der Waals surface area contributed by atoms with Crippen molar-refractivity contribution >= 4 is 33.0 Å². The van der Waals surface area contributed by atoms with Gasteiger partial charge in [0, 0.05) is 27.3 Å². The highest BCUT2D eigenvalue weighted by atomic mass is 16.3. The Hall–Kier alpha value is -4.63. The predicted molar refractivity (Wildman–Crippen MR) is 150 cm³/mol. The van der Waals surface area contributed by atoms with Crippen LogP contribution in [0.25, 0.3) is 66.7 Å². The molecule has 0 saturated carbocycles. The summed E-state index contributed by atoms with van der Waals surface area (Å²) in [6, 6.07) is 36.0. The fraction of sp³-hybridized carbons (Fsp3) is 0.0882. The zero-order valence-electron chi connectivity index (χ0n) is 20.6. The SMILES string of the molecule is CC1(C)c2cc(-c3nc4ccccc4o3)ccc2-c2ccc(-c3cccc4c3oc3ccccc34)cc21. The third-order valence-corrected chi connectivity index (χ3v) is 7.93. The number of fused-ring (bicyclic) bond motifs is 7. The first-order valence-electron chi connectivity index (χ1n) is 12.6. The van der Waals surface area contributed by atoms with Crippen LogP contribution >= 0.6 is 0 Å². The molecule has 0 spiro atoms. The molecular formula is C34H23NO2. The van der Waals surface area contributed by atoms with Crippen LogP contribution in [0.2, 0.25) is 0 Å². The van der Waals surface area contributed by atoms with E-state index in [9.17, 15) is 0 Å². The maximum absolute atomic E-state index is 6.34. The Morgan fingerprint density at radius 1 is 0.568 bits per heavy atom. The van der Waals surface area contributed by atoms with Crippen LogP contribution < -0.4 is 0 Å². The summed E-state index contributed by atoms with van der Waals surface area (Å²) in [5.74, 6) is 0.660. The molecule has 0 saturated heterocycles. The van der Waals surface area contributed by atoms with E-state index < -0.39 is 0 Å². The van der Waals surface area contributed by atoms with Crippen molar-refractivity contribution in [3.63, 3.8) is 0 Å². The van der Waals surface area contributed by atoms with Gasteiger partial charge in [-0.2, -0.15) is 0 Å². The van der Waals surface area contributed by atoms with Crippen LogP contribution in [0.15, 0.2) is 112 Å². The molecule has 0 radical (unpaired) electrons. The van der Waals surface area contributed by atoms with Crippen LogP contribution in [-0.2, 0) is 5.41 Å². The summed E-state index contributed by atoms with van der Waals surface area (Å²) < 4.78 is 12.4. The van der Waals surface area contributed by atoms with Crippen molar-refractivity contribution in [3.05, 3.63) is 114 Å². The van der Waals surface area contributed by atoms with Gasteiger partial charge in [-0.1, -0.05) is 80.6 Å². The Morgan fingerprint density at radius 3 is 2.05 bits per heavy atom. The van der Waals surface area contributed by atoms with Crippen molar-refractivity contribution in [2.75, 3.05) is 0 Å². The number of oxazole rings is 1. The van der Waals surface area contributed by atoms with E-state index in [1.807, 2.05) is 36.4 Å². The van der Waals surface area contributed by atoms with E-state index in [0.29, 0.717) is 5.89 Å². The van der Waals surface area contributed by atoms with Crippen LogP contribution in [0.5, 0.6) is 0 Å². The molecule has 1 aliphatic carbocycles. The maximum atomic E-state index is 6.34. The van der Waals surface area contributed by atoms with Crippen molar-refractivity contribution in [1.29, 1.82) is 0 Å². The maximum Gasteiger partial charge on any atom is 0.227 e. The van der Waals surface area contributed by atoms with E-state index >= 15 is 0 Å². The van der Waals surface area contributed by atoms with Crippen molar-refractivity contribution in [3.8, 4) is 33.7 Å². The molecule has 7 aromatic rings. The fourth-order valence-corrected chi connectivity index (χ4v) is 6.01. The molecule has 3 heteroatoms. The van der Waals surface area contributed by atoms with Crippen LogP contribution in [0.4, 0.5) is 0 Å². The van der Waals surface area contributed by atoms with Gasteiger partial charge in [0.1, 0.15) is 16.7 Å². The van der Waals surface area contributed by atoms with Gasteiger partial charge in [-0.15, -0.1) is 0 Å². The number of hydrogen-bond donors (Lipinski definition) is 0. The summed E-state index contributed by atoms with van der Waals surface area (Å²) in [7, 11) is 0. The minimum absolute atomic E-state index is 0.162. The average molecular weight is 478 g/mol. The predicted octanol–water partition coefficient (Wildman–Crippen LogP) is 9.37. The third kappa shape index (κ3) is 2.85. The lowest BCUT2D eigenvalue weighted by Crippen LogP contribution is -2.15. The summed E-state index contributed by atoms with van der Waals surface area (Å²) >= 11 is 0. The molecule has 8 rings (SSSR count). The largest absolute Gasteiger partial charge is 0.455 e. The smallest absolute Gasteiger partial charge is 0.227 e. The molecular weight excluding hydrogens is 454 g/mol. The Bertz CT molecular complexity index is 1990. The average Bonchev–Trinajstić information content (AvgIpc) is 3.59. The fourth-order valence-electron chi connectivity index (χ4n) is 6.01. The lowest BCUT2D eigenvalue weighted by atomic mass is 9.81. The number of para-hydroxylation sites is 4. The highest BCUT2D eigenvalue weighted by Crippen LogP contribution is 2.51. The van der Waals surface area contributed by atoms with Gasteiger partial charge in [-0.05, 0) is 64.2 Å². The zero-order chi connectivity index (χ0) is 24.7. The molecule has 3 nitrogen and oxygen atoms in total. The van der Waals surface area contributed by atoms with Crippen LogP contribution in [-0.4, -0.2) is 4.98 Å². The minimum Gasteiger partial charge on any atom is -0.455 e. The second-order valence-electron chi connectivity index (χ2n) is 10.4. The van der Waals surface area contributed by atoms with Gasteiger partial charge in [0.05, 0.1) is 0 Å². The van der Waals surface area contributed by atoms with Crippen molar-refractivity contribution < 1.29 is 8.83 Å². The molecule has 2 aromatic heterocycles. The standard InChI is InChI=1S/C34H23NO2/c1-34(2)27-18-20(22-9-7-10-26-25-8-3-5-12-30(25)36-32(22)26)14-16-23(27)24-17-15-21(19-28(24)34)33-35-29-11-4-6-13-31(29)37-33/h3-19H,1-2H3. The first-order chi connectivity index (χ1) is 18.1. The molecule has 37 heavy (non-hydrogen) atoms. The zero-order valence-corrected chi connectivity index (χ0v) is 20.6. The summed E-state index contributed by atoms with van der Waals surface area (Å²) in [4.78, 5) is 4.73. The molecule has 0 fully saturated rings. The normalized spacial score (nSPS) is 13.9. The summed E-state index contributed by atoms with van der Waals surface area (Å²) in [6.45, 7) is 4.61. The summed E-state index contributed by atoms with van der Waals surface area (Å²) in [5, 5.41) is 2.30. The number of aromatic nitrogens is 1. The Morgan fingerprint density at radius 2 is 1.24 bits per heavy atom. The van der Waals surface area contributed by atoms with Gasteiger partial charge in [0.15, 0.2) is 5.58 Å². The van der Waals surface area contributed by atoms with Gasteiger partial charge >= 0.3 is 0 Å². The van der Waals surface area contributed by atoms with Gasteiger partial charge in [0.25, 0.3) is 0 Å². The quantitative estimate of drug-likeness (QED) is 0.249. The molecule has 0 aliphatic heterocycles. The molecule has 0 unspecified atom stereocenters. The number of nitrogens with zero attached hydrogens (tertiary/aromatic N) is 1. The minimum atomic E-state index is -0.162. The van der Waals surface area contributed by atoms with Crippen molar-refractivity contribution in [2.24, 2.45) is 0 Å². The highest BCUT2D eigenvalue weighted by Gasteiger charge is 2.36. The molecule has 176 valence electrons. The second-order valence-corrected chi connectivity index (χ2v) is 10.4. The summed E-state index contributed by atoms with van der Waals surface area (Å²) in [5.41, 5.74) is 11.9. The molecule has 1 aliphatic rings. The topological polar surface area (TPSA) is 39.2 Å².